The number of hydrogen-bond donors (Lipinski definition) is 2. The van der Waals surface area contributed by atoms with Gasteiger partial charge in [0.1, 0.15) is 5.75 Å². The second-order valence-corrected chi connectivity index (χ2v) is 4.84. The van der Waals surface area contributed by atoms with Gasteiger partial charge in [-0.25, -0.2) is 0 Å². The fourth-order valence-electron chi connectivity index (χ4n) is 2.29. The fourth-order valence-corrected chi connectivity index (χ4v) is 2.29. The van der Waals surface area contributed by atoms with Crippen LogP contribution in [-0.2, 0) is 4.79 Å². The van der Waals surface area contributed by atoms with Gasteiger partial charge in [0.15, 0.2) is 0 Å². The Morgan fingerprint density at radius 3 is 2.55 bits per heavy atom. The number of hydrogen-bond acceptors (Lipinski definition) is 3. The first-order valence-corrected chi connectivity index (χ1v) is 7.28. The van der Waals surface area contributed by atoms with E-state index in [1.54, 1.807) is 12.1 Å². The minimum absolute atomic E-state index is 0.0459. The maximum Gasteiger partial charge on any atom is 0.303 e. The Balaban J connectivity index is 2.19. The lowest BCUT2D eigenvalue weighted by Crippen LogP contribution is -2.25. The van der Waals surface area contributed by atoms with Gasteiger partial charge in [-0.15, -0.1) is 0 Å². The Morgan fingerprint density at radius 2 is 1.86 bits per heavy atom. The van der Waals surface area contributed by atoms with Crippen LogP contribution in [0.15, 0.2) is 36.4 Å². The molecule has 0 radical (unpaired) electrons. The highest BCUT2D eigenvalue weighted by Gasteiger charge is 2.12. The molecule has 22 heavy (non-hydrogen) atoms. The van der Waals surface area contributed by atoms with Crippen molar-refractivity contribution in [2.24, 2.45) is 0 Å². The van der Waals surface area contributed by atoms with Crippen molar-refractivity contribution in [3.63, 3.8) is 0 Å². The summed E-state index contributed by atoms with van der Waals surface area (Å²) >= 11 is 0. The van der Waals surface area contributed by atoms with Gasteiger partial charge in [-0.1, -0.05) is 24.3 Å². The molecule has 2 N–H and O–H groups in total. The van der Waals surface area contributed by atoms with Gasteiger partial charge in [0.25, 0.3) is 5.91 Å². The molecule has 0 heterocycles. The molecule has 0 aliphatic heterocycles. The monoisotopic (exact) mass is 301 g/mol. The number of ether oxygens (including phenoxy) is 1. The largest absolute Gasteiger partial charge is 0.493 e. The molecule has 116 valence electrons. The molecule has 5 nitrogen and oxygen atoms in total. The zero-order valence-corrected chi connectivity index (χ0v) is 12.5. The maximum atomic E-state index is 12.3. The number of fused-ring (bicyclic) bond motifs is 1. The summed E-state index contributed by atoms with van der Waals surface area (Å²) < 4.78 is 5.58. The van der Waals surface area contributed by atoms with Gasteiger partial charge in [0, 0.05) is 23.9 Å². The molecular weight excluding hydrogens is 282 g/mol. The van der Waals surface area contributed by atoms with E-state index in [0.717, 1.165) is 16.5 Å². The van der Waals surface area contributed by atoms with Crippen LogP contribution in [0.2, 0.25) is 0 Å². The van der Waals surface area contributed by atoms with Crippen LogP contribution in [0.5, 0.6) is 5.75 Å². The van der Waals surface area contributed by atoms with Crippen molar-refractivity contribution >= 4 is 22.6 Å². The van der Waals surface area contributed by atoms with Crippen LogP contribution >= 0.6 is 0 Å². The molecule has 0 aliphatic rings. The molecule has 0 unspecified atom stereocenters. The van der Waals surface area contributed by atoms with E-state index in [1.807, 2.05) is 31.2 Å². The van der Waals surface area contributed by atoms with Crippen LogP contribution in [0.1, 0.15) is 30.1 Å². The summed E-state index contributed by atoms with van der Waals surface area (Å²) in [5, 5.41) is 13.1. The van der Waals surface area contributed by atoms with E-state index < -0.39 is 5.97 Å². The van der Waals surface area contributed by atoms with Crippen LogP contribution in [0.4, 0.5) is 0 Å². The Bertz CT molecular complexity index is 681. The van der Waals surface area contributed by atoms with E-state index in [4.69, 9.17) is 9.84 Å². The lowest BCUT2D eigenvalue weighted by atomic mass is 10.0. The molecule has 0 saturated heterocycles. The van der Waals surface area contributed by atoms with Gasteiger partial charge in [0.2, 0.25) is 0 Å². The van der Waals surface area contributed by atoms with Crippen molar-refractivity contribution in [2.75, 3.05) is 13.2 Å². The normalized spacial score (nSPS) is 10.4. The average molecular weight is 301 g/mol. The third-order valence-corrected chi connectivity index (χ3v) is 3.28. The van der Waals surface area contributed by atoms with Crippen LogP contribution in [0, 0.1) is 0 Å². The zero-order valence-electron chi connectivity index (χ0n) is 12.5. The van der Waals surface area contributed by atoms with Crippen molar-refractivity contribution < 1.29 is 19.4 Å². The second-order valence-electron chi connectivity index (χ2n) is 4.84. The molecule has 5 heteroatoms. The Hall–Kier alpha value is -2.56. The van der Waals surface area contributed by atoms with Crippen molar-refractivity contribution in [3.05, 3.63) is 42.0 Å². The summed E-state index contributed by atoms with van der Waals surface area (Å²) in [7, 11) is 0. The first-order valence-electron chi connectivity index (χ1n) is 7.28. The van der Waals surface area contributed by atoms with Crippen LogP contribution < -0.4 is 10.1 Å². The van der Waals surface area contributed by atoms with Gasteiger partial charge >= 0.3 is 5.97 Å². The van der Waals surface area contributed by atoms with E-state index in [1.165, 1.54) is 0 Å². The fraction of sp³-hybridized carbons (Fsp3) is 0.294. The molecule has 0 saturated carbocycles. The molecule has 0 aromatic heterocycles. The molecule has 0 aliphatic carbocycles. The number of amides is 1. The number of nitrogens with one attached hydrogen (secondary N) is 1. The SMILES string of the molecule is CCOc1ccc(C(=O)NCCCC(=O)O)c2ccccc12. The topological polar surface area (TPSA) is 75.6 Å². The van der Waals surface area contributed by atoms with Crippen molar-refractivity contribution in [2.45, 2.75) is 19.8 Å². The van der Waals surface area contributed by atoms with Crippen LogP contribution in [-0.4, -0.2) is 30.1 Å². The molecule has 0 spiro atoms. The van der Waals surface area contributed by atoms with Crippen molar-refractivity contribution in [1.29, 1.82) is 0 Å². The van der Waals surface area contributed by atoms with Crippen LogP contribution in [0.25, 0.3) is 10.8 Å². The molecular formula is C17H19NO4. The minimum Gasteiger partial charge on any atom is -0.493 e. The third kappa shape index (κ3) is 3.75. The smallest absolute Gasteiger partial charge is 0.303 e. The van der Waals surface area contributed by atoms with E-state index in [9.17, 15) is 9.59 Å². The predicted octanol–water partition coefficient (Wildman–Crippen LogP) is 2.83. The number of rotatable bonds is 7. The van der Waals surface area contributed by atoms with E-state index in [0.29, 0.717) is 25.1 Å². The summed E-state index contributed by atoms with van der Waals surface area (Å²) in [4.78, 5) is 22.7. The summed E-state index contributed by atoms with van der Waals surface area (Å²) in [6.07, 6.45) is 0.459. The first kappa shape index (κ1) is 15.8. The van der Waals surface area contributed by atoms with Gasteiger partial charge in [-0.05, 0) is 30.9 Å². The number of carbonyl (C=O) groups excluding carboxylic acids is 1. The first-order chi connectivity index (χ1) is 10.6. The molecule has 2 aromatic carbocycles. The average Bonchev–Trinajstić information content (AvgIpc) is 2.52. The molecule has 2 aromatic rings. The maximum absolute atomic E-state index is 12.3. The molecule has 2 rings (SSSR count). The molecule has 0 atom stereocenters. The highest BCUT2D eigenvalue weighted by Crippen LogP contribution is 2.28. The summed E-state index contributed by atoms with van der Waals surface area (Å²) in [5.74, 6) is -0.314. The second kappa shape index (κ2) is 7.45. The Morgan fingerprint density at radius 1 is 1.14 bits per heavy atom. The number of carbonyl (C=O) groups is 2. The standard InChI is InChI=1S/C17H19NO4/c1-2-22-15-10-9-14(12-6-3-4-7-13(12)15)17(21)18-11-5-8-16(19)20/h3-4,6-7,9-10H,2,5,8,11H2,1H3,(H,18,21)(H,19,20). The number of benzene rings is 2. The van der Waals surface area contributed by atoms with E-state index >= 15 is 0 Å². The summed E-state index contributed by atoms with van der Waals surface area (Å²) in [6, 6.07) is 11.1. The number of aliphatic carboxylic acids is 1. The quantitative estimate of drug-likeness (QED) is 0.771. The lowest BCUT2D eigenvalue weighted by molar-refractivity contribution is -0.137. The molecule has 0 fully saturated rings. The number of carboxylic acids is 1. The third-order valence-electron chi connectivity index (χ3n) is 3.28. The highest BCUT2D eigenvalue weighted by atomic mass is 16.5. The van der Waals surface area contributed by atoms with Gasteiger partial charge in [-0.3, -0.25) is 9.59 Å². The van der Waals surface area contributed by atoms with Gasteiger partial charge in [-0.2, -0.15) is 0 Å². The minimum atomic E-state index is -0.860. The lowest BCUT2D eigenvalue weighted by Gasteiger charge is -2.11. The Kier molecular flexibility index (Phi) is 5.36. The van der Waals surface area contributed by atoms with E-state index in [-0.39, 0.29) is 12.3 Å². The van der Waals surface area contributed by atoms with Crippen molar-refractivity contribution in [1.82, 2.24) is 5.32 Å². The van der Waals surface area contributed by atoms with E-state index in [2.05, 4.69) is 5.32 Å². The van der Waals surface area contributed by atoms with Crippen LogP contribution in [0.3, 0.4) is 0 Å². The summed E-state index contributed by atoms with van der Waals surface area (Å²) in [6.45, 7) is 2.81. The Labute approximate surface area is 128 Å². The summed E-state index contributed by atoms with van der Waals surface area (Å²) in [5.41, 5.74) is 0.564. The van der Waals surface area contributed by atoms with Crippen molar-refractivity contribution in [3.8, 4) is 5.75 Å². The molecule has 0 bridgehead atoms. The molecule has 1 amide bonds. The predicted molar refractivity (Wildman–Crippen MR) is 84.3 cm³/mol. The highest BCUT2D eigenvalue weighted by molar-refractivity contribution is 6.08. The number of carboxylic acid groups (broad SMARTS) is 1. The van der Waals surface area contributed by atoms with Gasteiger partial charge < -0.3 is 15.2 Å². The van der Waals surface area contributed by atoms with Gasteiger partial charge in [0.05, 0.1) is 6.61 Å². The zero-order chi connectivity index (χ0) is 15.9.